The number of benzene rings is 1. The molecule has 1 aromatic rings. The van der Waals surface area contributed by atoms with Crippen molar-refractivity contribution in [2.75, 3.05) is 4.90 Å². The van der Waals surface area contributed by atoms with Gasteiger partial charge < -0.3 is 0 Å². The Hall–Kier alpha value is -1.90. The van der Waals surface area contributed by atoms with Gasteiger partial charge in [0, 0.05) is 11.1 Å². The molecule has 0 N–H and O–H groups in total. The molecule has 16 heavy (non-hydrogen) atoms. The smallest absolute Gasteiger partial charge is 0.261 e. The van der Waals surface area contributed by atoms with Crippen LogP contribution in [0.25, 0.3) is 0 Å². The zero-order valence-electron chi connectivity index (χ0n) is 9.57. The van der Waals surface area contributed by atoms with Gasteiger partial charge in [0.05, 0.1) is 5.69 Å². The molecule has 1 aliphatic heterocycles. The summed E-state index contributed by atoms with van der Waals surface area (Å²) >= 11 is 0. The molecule has 0 bridgehead atoms. The Bertz CT molecular complexity index is 490. The molecule has 3 nitrogen and oxygen atoms in total. The summed E-state index contributed by atoms with van der Waals surface area (Å²) in [7, 11) is 0. The molecule has 0 radical (unpaired) electrons. The van der Waals surface area contributed by atoms with Crippen LogP contribution in [0.5, 0.6) is 0 Å². The zero-order valence-corrected chi connectivity index (χ0v) is 9.57. The Morgan fingerprint density at radius 3 is 1.88 bits per heavy atom. The number of anilines is 1. The predicted molar refractivity (Wildman–Crippen MR) is 62.0 cm³/mol. The molecule has 0 saturated heterocycles. The monoisotopic (exact) mass is 215 g/mol. The van der Waals surface area contributed by atoms with Gasteiger partial charge in [-0.25, -0.2) is 4.90 Å². The standard InChI is InChI=1S/C13H13NO2/c1-8-6-4-5-7-11(8)14-12(15)9(2)10(3)13(14)16/h4-7H,1-3H3. The van der Waals surface area contributed by atoms with Gasteiger partial charge in [-0.05, 0) is 32.4 Å². The second-order valence-electron chi connectivity index (χ2n) is 3.98. The van der Waals surface area contributed by atoms with Gasteiger partial charge in [0.15, 0.2) is 0 Å². The summed E-state index contributed by atoms with van der Waals surface area (Å²) < 4.78 is 0. The third-order valence-corrected chi connectivity index (χ3v) is 2.97. The molecule has 0 aliphatic carbocycles. The lowest BCUT2D eigenvalue weighted by Gasteiger charge is -2.17. The van der Waals surface area contributed by atoms with Crippen molar-refractivity contribution < 1.29 is 9.59 Å². The summed E-state index contributed by atoms with van der Waals surface area (Å²) in [5.74, 6) is -0.423. The van der Waals surface area contributed by atoms with Gasteiger partial charge in [0.25, 0.3) is 11.8 Å². The molecule has 0 aromatic heterocycles. The van der Waals surface area contributed by atoms with Gasteiger partial charge in [-0.1, -0.05) is 18.2 Å². The first-order valence-corrected chi connectivity index (χ1v) is 5.16. The second kappa shape index (κ2) is 3.59. The first-order chi connectivity index (χ1) is 7.54. The number of hydrogen-bond acceptors (Lipinski definition) is 2. The maximum absolute atomic E-state index is 11.9. The van der Waals surface area contributed by atoms with E-state index in [1.165, 1.54) is 4.90 Å². The number of aryl methyl sites for hydroxylation is 1. The van der Waals surface area contributed by atoms with Crippen molar-refractivity contribution >= 4 is 17.5 Å². The molecule has 1 aliphatic rings. The van der Waals surface area contributed by atoms with Crippen LogP contribution in [0.4, 0.5) is 5.69 Å². The highest BCUT2D eigenvalue weighted by atomic mass is 16.2. The van der Waals surface area contributed by atoms with Crippen LogP contribution in [0.3, 0.4) is 0 Å². The van der Waals surface area contributed by atoms with Crippen molar-refractivity contribution in [1.29, 1.82) is 0 Å². The van der Waals surface area contributed by atoms with Crippen molar-refractivity contribution in [2.24, 2.45) is 0 Å². The molecular weight excluding hydrogens is 202 g/mol. The number of hydrogen-bond donors (Lipinski definition) is 0. The lowest BCUT2D eigenvalue weighted by Crippen LogP contribution is -2.31. The topological polar surface area (TPSA) is 37.4 Å². The van der Waals surface area contributed by atoms with Crippen LogP contribution in [-0.4, -0.2) is 11.8 Å². The first-order valence-electron chi connectivity index (χ1n) is 5.16. The van der Waals surface area contributed by atoms with Crippen molar-refractivity contribution in [3.63, 3.8) is 0 Å². The lowest BCUT2D eigenvalue weighted by molar-refractivity contribution is -0.120. The number of nitrogens with zero attached hydrogens (tertiary/aromatic N) is 1. The van der Waals surface area contributed by atoms with E-state index in [9.17, 15) is 9.59 Å². The van der Waals surface area contributed by atoms with Gasteiger partial charge in [-0.3, -0.25) is 9.59 Å². The van der Waals surface area contributed by atoms with E-state index in [4.69, 9.17) is 0 Å². The number of para-hydroxylation sites is 1. The van der Waals surface area contributed by atoms with E-state index in [2.05, 4.69) is 0 Å². The van der Waals surface area contributed by atoms with Crippen molar-refractivity contribution in [1.82, 2.24) is 0 Å². The summed E-state index contributed by atoms with van der Waals surface area (Å²) in [6, 6.07) is 7.39. The molecule has 0 unspecified atom stereocenters. The van der Waals surface area contributed by atoms with Crippen molar-refractivity contribution in [3.8, 4) is 0 Å². The van der Waals surface area contributed by atoms with E-state index in [-0.39, 0.29) is 11.8 Å². The predicted octanol–water partition coefficient (Wildman–Crippen LogP) is 2.20. The minimum Gasteiger partial charge on any atom is -0.269 e. The highest BCUT2D eigenvalue weighted by Gasteiger charge is 2.34. The third-order valence-electron chi connectivity index (χ3n) is 2.97. The Morgan fingerprint density at radius 1 is 0.875 bits per heavy atom. The summed E-state index contributed by atoms with van der Waals surface area (Å²) in [4.78, 5) is 25.1. The molecule has 0 saturated carbocycles. The maximum atomic E-state index is 11.9. The Labute approximate surface area is 94.4 Å². The quantitative estimate of drug-likeness (QED) is 0.673. The minimum atomic E-state index is -0.211. The summed E-state index contributed by atoms with van der Waals surface area (Å²) in [5, 5.41) is 0. The van der Waals surface area contributed by atoms with Crippen LogP contribution in [0, 0.1) is 6.92 Å². The largest absolute Gasteiger partial charge is 0.269 e. The van der Waals surface area contributed by atoms with E-state index >= 15 is 0 Å². The Kier molecular flexibility index (Phi) is 2.38. The van der Waals surface area contributed by atoms with Crippen molar-refractivity contribution in [3.05, 3.63) is 41.0 Å². The number of imide groups is 1. The van der Waals surface area contributed by atoms with Crippen LogP contribution < -0.4 is 4.90 Å². The zero-order chi connectivity index (χ0) is 11.9. The van der Waals surface area contributed by atoms with Gasteiger partial charge >= 0.3 is 0 Å². The summed E-state index contributed by atoms with van der Waals surface area (Å²) in [6.07, 6.45) is 0. The molecule has 1 heterocycles. The second-order valence-corrected chi connectivity index (χ2v) is 3.98. The highest BCUT2D eigenvalue weighted by Crippen LogP contribution is 2.28. The van der Waals surface area contributed by atoms with Crippen molar-refractivity contribution in [2.45, 2.75) is 20.8 Å². The SMILES string of the molecule is CC1=C(C)C(=O)N(c2ccccc2C)C1=O. The molecule has 2 rings (SSSR count). The van der Waals surface area contributed by atoms with Gasteiger partial charge in [-0.2, -0.15) is 0 Å². The number of carbonyl (C=O) groups is 2. The van der Waals surface area contributed by atoms with Crippen LogP contribution in [0.1, 0.15) is 19.4 Å². The average molecular weight is 215 g/mol. The van der Waals surface area contributed by atoms with Crippen LogP contribution >= 0.6 is 0 Å². The molecule has 82 valence electrons. The molecule has 2 amide bonds. The van der Waals surface area contributed by atoms with Gasteiger partial charge in [-0.15, -0.1) is 0 Å². The molecule has 0 atom stereocenters. The van der Waals surface area contributed by atoms with Gasteiger partial charge in [0.2, 0.25) is 0 Å². The fourth-order valence-corrected chi connectivity index (χ4v) is 1.78. The van der Waals surface area contributed by atoms with E-state index in [0.29, 0.717) is 16.8 Å². The summed E-state index contributed by atoms with van der Waals surface area (Å²) in [5.41, 5.74) is 2.67. The number of rotatable bonds is 1. The van der Waals surface area contributed by atoms with Crippen LogP contribution in [0.2, 0.25) is 0 Å². The maximum Gasteiger partial charge on any atom is 0.261 e. The van der Waals surface area contributed by atoms with E-state index in [1.807, 2.05) is 25.1 Å². The van der Waals surface area contributed by atoms with E-state index < -0.39 is 0 Å². The van der Waals surface area contributed by atoms with Crippen LogP contribution in [0.15, 0.2) is 35.4 Å². The summed E-state index contributed by atoms with van der Waals surface area (Å²) in [6.45, 7) is 5.26. The average Bonchev–Trinajstić information content (AvgIpc) is 2.45. The van der Waals surface area contributed by atoms with Gasteiger partial charge in [0.1, 0.15) is 0 Å². The Morgan fingerprint density at radius 2 is 1.38 bits per heavy atom. The lowest BCUT2D eigenvalue weighted by atomic mass is 10.2. The van der Waals surface area contributed by atoms with E-state index in [1.54, 1.807) is 19.9 Å². The number of amides is 2. The third kappa shape index (κ3) is 1.36. The molecule has 0 spiro atoms. The molecular formula is C13H13NO2. The van der Waals surface area contributed by atoms with E-state index in [0.717, 1.165) is 5.56 Å². The number of carbonyl (C=O) groups excluding carboxylic acids is 2. The fraction of sp³-hybridized carbons (Fsp3) is 0.231. The molecule has 0 fully saturated rings. The van der Waals surface area contributed by atoms with Crippen LogP contribution in [-0.2, 0) is 9.59 Å². The normalized spacial score (nSPS) is 16.3. The molecule has 3 heteroatoms. The fourth-order valence-electron chi connectivity index (χ4n) is 1.78. The highest BCUT2D eigenvalue weighted by molar-refractivity contribution is 6.32. The minimum absolute atomic E-state index is 0.211. The molecule has 1 aromatic carbocycles. The Balaban J connectivity index is 2.51. The first kappa shape index (κ1) is 10.6.